The summed E-state index contributed by atoms with van der Waals surface area (Å²) >= 11 is 1.04. The number of thiazole rings is 1. The van der Waals surface area contributed by atoms with E-state index in [-0.39, 0.29) is 30.4 Å². The molecule has 7 N–H and O–H groups in total. The summed E-state index contributed by atoms with van der Waals surface area (Å²) in [7, 11) is 0. The number of carbonyl (C=O) groups is 3. The molecule has 34 heavy (non-hydrogen) atoms. The molecule has 0 aliphatic carbocycles. The van der Waals surface area contributed by atoms with Gasteiger partial charge in [0, 0.05) is 17.7 Å². The summed E-state index contributed by atoms with van der Waals surface area (Å²) in [6.45, 7) is 1.65. The lowest BCUT2D eigenvalue weighted by Gasteiger charge is -2.15. The molecule has 178 valence electrons. The van der Waals surface area contributed by atoms with E-state index >= 15 is 0 Å². The molecule has 3 aromatic rings. The summed E-state index contributed by atoms with van der Waals surface area (Å²) in [5, 5.41) is 24.8. The van der Waals surface area contributed by atoms with Gasteiger partial charge in [-0.05, 0) is 30.7 Å². The van der Waals surface area contributed by atoms with E-state index in [0.717, 1.165) is 16.9 Å². The van der Waals surface area contributed by atoms with Crippen LogP contribution in [0.1, 0.15) is 31.3 Å². The average Bonchev–Trinajstić information content (AvgIpc) is 3.13. The van der Waals surface area contributed by atoms with Crippen molar-refractivity contribution >= 4 is 58.3 Å². The highest BCUT2D eigenvalue weighted by Crippen LogP contribution is 2.24. The second kappa shape index (κ2) is 11.8. The van der Waals surface area contributed by atoms with Crippen molar-refractivity contribution in [3.8, 4) is 0 Å². The number of carboxylic acids is 1. The first-order valence-electron chi connectivity index (χ1n) is 9.80. The van der Waals surface area contributed by atoms with E-state index in [4.69, 9.17) is 11.1 Å². The van der Waals surface area contributed by atoms with Crippen LogP contribution in [0, 0.1) is 12.3 Å². The van der Waals surface area contributed by atoms with E-state index in [1.54, 1.807) is 43.3 Å². The van der Waals surface area contributed by atoms with Crippen molar-refractivity contribution in [2.24, 2.45) is 5.73 Å². The molecule has 1 atom stereocenters. The molecule has 2 aromatic carbocycles. The summed E-state index contributed by atoms with van der Waals surface area (Å²) in [5.41, 5.74) is 7.09. The van der Waals surface area contributed by atoms with Gasteiger partial charge in [0.25, 0.3) is 11.8 Å². The maximum absolute atomic E-state index is 12.7. The highest BCUT2D eigenvalue weighted by atomic mass is 35.5. The number of aromatic nitrogens is 1. The molecule has 0 aliphatic heterocycles. The molecule has 0 fully saturated rings. The number of guanidine groups is 1. The van der Waals surface area contributed by atoms with Gasteiger partial charge in [0.15, 0.2) is 11.1 Å². The summed E-state index contributed by atoms with van der Waals surface area (Å²) in [6, 6.07) is 14.1. The molecule has 3 rings (SSSR count). The molecule has 10 nitrogen and oxygen atoms in total. The van der Waals surface area contributed by atoms with Crippen molar-refractivity contribution in [3.05, 3.63) is 76.3 Å². The monoisotopic (exact) mass is 502 g/mol. The number of aliphatic carboxylic acids is 1. The van der Waals surface area contributed by atoms with Crippen LogP contribution in [0.4, 0.5) is 10.8 Å². The maximum atomic E-state index is 12.7. The van der Waals surface area contributed by atoms with Crippen molar-refractivity contribution in [2.75, 3.05) is 10.6 Å². The van der Waals surface area contributed by atoms with Gasteiger partial charge in [-0.3, -0.25) is 15.0 Å². The fourth-order valence-corrected chi connectivity index (χ4v) is 3.87. The highest BCUT2D eigenvalue weighted by molar-refractivity contribution is 7.17. The first kappa shape index (κ1) is 26.3. The number of amides is 2. The number of benzene rings is 2. The van der Waals surface area contributed by atoms with Crippen LogP contribution in [-0.2, 0) is 11.2 Å². The first-order chi connectivity index (χ1) is 15.7. The number of hydrogen-bond acceptors (Lipinski definition) is 6. The van der Waals surface area contributed by atoms with E-state index in [9.17, 15) is 19.5 Å². The van der Waals surface area contributed by atoms with Gasteiger partial charge in [-0.1, -0.05) is 47.7 Å². The normalized spacial score (nSPS) is 11.0. The number of carboxylic acid groups (broad SMARTS) is 1. The maximum Gasteiger partial charge on any atom is 0.326 e. The Kier molecular flexibility index (Phi) is 9.10. The van der Waals surface area contributed by atoms with Crippen LogP contribution in [0.2, 0.25) is 0 Å². The van der Waals surface area contributed by atoms with E-state index in [1.807, 2.05) is 6.07 Å². The molecule has 0 saturated carbocycles. The summed E-state index contributed by atoms with van der Waals surface area (Å²) in [4.78, 5) is 41.4. The van der Waals surface area contributed by atoms with Gasteiger partial charge in [0.05, 0.1) is 5.69 Å². The standard InChI is InChI=1S/C22H22N6O4S.ClH/c1-12-17(33-22(25-12)28-21(23)24)19(30)26-15-9-5-8-14(11-15)18(29)27-16(20(31)32)10-13-6-3-2-4-7-13;/h2-9,11,16H,10H2,1H3,(H,26,30)(H,27,29)(H,31,32)(H4,23,24,25,28);1H. The van der Waals surface area contributed by atoms with Crippen LogP contribution >= 0.6 is 23.7 Å². The molecule has 1 aromatic heterocycles. The Morgan fingerprint density at radius 2 is 1.79 bits per heavy atom. The first-order valence-corrected chi connectivity index (χ1v) is 10.6. The minimum Gasteiger partial charge on any atom is -0.480 e. The molecular formula is C22H23ClN6O4S. The fourth-order valence-electron chi connectivity index (χ4n) is 2.99. The number of carbonyl (C=O) groups excluding carboxylic acids is 2. The Hall–Kier alpha value is -3.96. The lowest BCUT2D eigenvalue weighted by molar-refractivity contribution is -0.139. The number of rotatable bonds is 8. The fraction of sp³-hybridized carbons (Fsp3) is 0.136. The molecule has 0 aliphatic rings. The zero-order chi connectivity index (χ0) is 24.0. The number of nitrogens with zero attached hydrogens (tertiary/aromatic N) is 1. The second-order valence-corrected chi connectivity index (χ2v) is 8.06. The highest BCUT2D eigenvalue weighted by Gasteiger charge is 2.22. The molecular weight excluding hydrogens is 480 g/mol. The number of hydrogen-bond donors (Lipinski definition) is 6. The second-order valence-electron chi connectivity index (χ2n) is 7.06. The Morgan fingerprint density at radius 1 is 1.09 bits per heavy atom. The molecule has 1 unspecified atom stereocenters. The van der Waals surface area contributed by atoms with Crippen LogP contribution in [-0.4, -0.2) is 39.9 Å². The molecule has 1 heterocycles. The molecule has 12 heteroatoms. The Bertz CT molecular complexity index is 1200. The summed E-state index contributed by atoms with van der Waals surface area (Å²) in [5.74, 6) is -2.45. The number of anilines is 2. The van der Waals surface area contributed by atoms with Gasteiger partial charge in [-0.15, -0.1) is 12.4 Å². The third-order valence-electron chi connectivity index (χ3n) is 4.51. The van der Waals surface area contributed by atoms with Gasteiger partial charge < -0.3 is 26.8 Å². The number of aryl methyl sites for hydroxylation is 1. The minimum atomic E-state index is -1.15. The minimum absolute atomic E-state index is 0. The topological polar surface area (TPSA) is 170 Å². The van der Waals surface area contributed by atoms with Gasteiger partial charge >= 0.3 is 5.97 Å². The van der Waals surface area contributed by atoms with Gasteiger partial charge in [-0.2, -0.15) is 0 Å². The van der Waals surface area contributed by atoms with Crippen LogP contribution in [0.3, 0.4) is 0 Å². The summed E-state index contributed by atoms with van der Waals surface area (Å²) in [6.07, 6.45) is 0.139. The van der Waals surface area contributed by atoms with Crippen LogP contribution in [0.5, 0.6) is 0 Å². The molecule has 0 saturated heterocycles. The number of nitrogens with one attached hydrogen (secondary N) is 4. The lowest BCUT2D eigenvalue weighted by Crippen LogP contribution is -2.42. The predicted molar refractivity (Wildman–Crippen MR) is 133 cm³/mol. The quantitative estimate of drug-likeness (QED) is 0.203. The average molecular weight is 503 g/mol. The van der Waals surface area contributed by atoms with Crippen LogP contribution in [0.25, 0.3) is 0 Å². The molecule has 0 bridgehead atoms. The molecule has 2 amide bonds. The van der Waals surface area contributed by atoms with Crippen molar-refractivity contribution in [1.29, 1.82) is 5.41 Å². The van der Waals surface area contributed by atoms with Gasteiger partial charge in [-0.25, -0.2) is 9.78 Å². The van der Waals surface area contributed by atoms with Crippen molar-refractivity contribution in [3.63, 3.8) is 0 Å². The van der Waals surface area contributed by atoms with Gasteiger partial charge in [0.1, 0.15) is 10.9 Å². The van der Waals surface area contributed by atoms with Crippen LogP contribution in [0.15, 0.2) is 54.6 Å². The van der Waals surface area contributed by atoms with Gasteiger partial charge in [0.2, 0.25) is 0 Å². The Morgan fingerprint density at radius 3 is 2.44 bits per heavy atom. The molecule has 0 spiro atoms. The Labute approximate surface area is 205 Å². The Balaban J connectivity index is 0.00000408. The number of nitrogens with two attached hydrogens (primary N) is 1. The van der Waals surface area contributed by atoms with E-state index in [2.05, 4.69) is 20.9 Å². The zero-order valence-electron chi connectivity index (χ0n) is 18.0. The van der Waals surface area contributed by atoms with Crippen LogP contribution < -0.4 is 21.7 Å². The van der Waals surface area contributed by atoms with E-state index in [0.29, 0.717) is 21.4 Å². The zero-order valence-corrected chi connectivity index (χ0v) is 19.6. The van der Waals surface area contributed by atoms with Crippen molar-refractivity contribution < 1.29 is 19.5 Å². The lowest BCUT2D eigenvalue weighted by atomic mass is 10.1. The largest absolute Gasteiger partial charge is 0.480 e. The summed E-state index contributed by atoms with van der Waals surface area (Å²) < 4.78 is 0. The number of halogens is 1. The smallest absolute Gasteiger partial charge is 0.326 e. The van der Waals surface area contributed by atoms with E-state index < -0.39 is 23.8 Å². The SMILES string of the molecule is Cc1nc(NC(=N)N)sc1C(=O)Nc1cccc(C(=O)NC(Cc2ccccc2)C(=O)O)c1.Cl. The van der Waals surface area contributed by atoms with E-state index in [1.165, 1.54) is 12.1 Å². The van der Waals surface area contributed by atoms with Crippen molar-refractivity contribution in [1.82, 2.24) is 10.3 Å². The molecule has 0 radical (unpaired) electrons. The van der Waals surface area contributed by atoms with Crippen molar-refractivity contribution in [2.45, 2.75) is 19.4 Å². The predicted octanol–water partition coefficient (Wildman–Crippen LogP) is 2.86. The third-order valence-corrected chi connectivity index (χ3v) is 5.58. The third kappa shape index (κ3) is 7.02.